The normalized spacial score (nSPS) is 11.9. The van der Waals surface area contributed by atoms with E-state index in [1.165, 1.54) is 0 Å². The number of benzene rings is 1. The molecular weight excluding hydrogens is 302 g/mol. The summed E-state index contributed by atoms with van der Waals surface area (Å²) in [6.07, 6.45) is 2.66. The molecule has 1 N–H and O–H groups in total. The van der Waals surface area contributed by atoms with Crippen LogP contribution in [0.15, 0.2) is 41.8 Å². The van der Waals surface area contributed by atoms with Crippen molar-refractivity contribution in [3.05, 3.63) is 51.7 Å². The van der Waals surface area contributed by atoms with Crippen LogP contribution in [0.2, 0.25) is 0 Å². The summed E-state index contributed by atoms with van der Waals surface area (Å²) in [5, 5.41) is 11.9. The van der Waals surface area contributed by atoms with E-state index in [-0.39, 0.29) is 6.42 Å². The van der Waals surface area contributed by atoms with Gasteiger partial charge in [-0.15, -0.1) is 22.7 Å². The number of carbonyl (C=O) groups is 1. The summed E-state index contributed by atoms with van der Waals surface area (Å²) in [4.78, 5) is 16.6. The summed E-state index contributed by atoms with van der Waals surface area (Å²) in [5.74, 6) is -0.784. The summed E-state index contributed by atoms with van der Waals surface area (Å²) >= 11 is 3.25. The van der Waals surface area contributed by atoms with Gasteiger partial charge in [-0.1, -0.05) is 18.2 Å². The van der Waals surface area contributed by atoms with Crippen LogP contribution in [-0.4, -0.2) is 16.1 Å². The first kappa shape index (κ1) is 14.0. The van der Waals surface area contributed by atoms with Gasteiger partial charge in [0.2, 0.25) is 0 Å². The summed E-state index contributed by atoms with van der Waals surface area (Å²) in [6.45, 7) is 0. The van der Waals surface area contributed by atoms with Crippen LogP contribution >= 0.6 is 22.7 Å². The number of hydrogen-bond donors (Lipinski definition) is 1. The largest absolute Gasteiger partial charge is 0.481 e. The minimum atomic E-state index is -0.784. The van der Waals surface area contributed by atoms with Crippen LogP contribution in [0.25, 0.3) is 21.9 Å². The van der Waals surface area contributed by atoms with Crippen molar-refractivity contribution in [3.63, 3.8) is 0 Å². The monoisotopic (exact) mass is 315 g/mol. The molecule has 2 aromatic heterocycles. The molecule has 0 unspecified atom stereocenters. The zero-order chi connectivity index (χ0) is 14.7. The lowest BCUT2D eigenvalue weighted by Crippen LogP contribution is -1.95. The number of rotatable bonds is 5. The van der Waals surface area contributed by atoms with Gasteiger partial charge in [-0.25, -0.2) is 4.98 Å². The number of thiazole rings is 1. The Morgan fingerprint density at radius 2 is 2.05 bits per heavy atom. The van der Waals surface area contributed by atoms with E-state index in [0.29, 0.717) is 6.42 Å². The van der Waals surface area contributed by atoms with Crippen molar-refractivity contribution in [1.29, 1.82) is 0 Å². The summed E-state index contributed by atoms with van der Waals surface area (Å²) in [5.41, 5.74) is 1.95. The standard InChI is InChI=1S/C16H13NO2S2/c18-15(19)8-7-11(10-12-4-3-9-20-12)16-17-13-5-1-2-6-14(13)21-16/h1-6,9-10H,7-8H2,(H,18,19)/b11-10+. The Labute approximate surface area is 130 Å². The lowest BCUT2D eigenvalue weighted by Gasteiger charge is -2.01. The minimum Gasteiger partial charge on any atom is -0.481 e. The fourth-order valence-electron chi connectivity index (χ4n) is 2.04. The fourth-order valence-corrected chi connectivity index (χ4v) is 3.73. The average molecular weight is 315 g/mol. The van der Waals surface area contributed by atoms with Gasteiger partial charge in [0.15, 0.2) is 0 Å². The van der Waals surface area contributed by atoms with E-state index in [1.807, 2.05) is 47.9 Å². The molecule has 0 bridgehead atoms. The van der Waals surface area contributed by atoms with Crippen LogP contribution in [0, 0.1) is 0 Å². The molecule has 3 aromatic rings. The minimum absolute atomic E-state index is 0.118. The number of aliphatic carboxylic acids is 1. The average Bonchev–Trinajstić information content (AvgIpc) is 3.11. The van der Waals surface area contributed by atoms with E-state index in [9.17, 15) is 4.79 Å². The molecule has 3 nitrogen and oxygen atoms in total. The number of hydrogen-bond acceptors (Lipinski definition) is 4. The fraction of sp³-hybridized carbons (Fsp3) is 0.125. The van der Waals surface area contributed by atoms with Gasteiger partial charge in [0.05, 0.1) is 10.2 Å². The molecule has 0 saturated carbocycles. The molecule has 0 radical (unpaired) electrons. The zero-order valence-electron chi connectivity index (χ0n) is 11.2. The molecule has 0 spiro atoms. The van der Waals surface area contributed by atoms with Crippen LogP contribution in [-0.2, 0) is 4.79 Å². The highest BCUT2D eigenvalue weighted by molar-refractivity contribution is 7.19. The van der Waals surface area contributed by atoms with Crippen molar-refractivity contribution >= 4 is 50.5 Å². The third-order valence-corrected chi connectivity index (χ3v) is 4.97. The molecule has 0 atom stereocenters. The van der Waals surface area contributed by atoms with Gasteiger partial charge < -0.3 is 5.11 Å². The second-order valence-electron chi connectivity index (χ2n) is 4.57. The SMILES string of the molecule is O=C(O)CC/C(=C\c1cccs1)c1nc2ccccc2s1. The van der Waals surface area contributed by atoms with Crippen molar-refractivity contribution in [3.8, 4) is 0 Å². The Morgan fingerprint density at radius 3 is 2.76 bits per heavy atom. The maximum absolute atomic E-state index is 10.9. The molecule has 0 amide bonds. The van der Waals surface area contributed by atoms with Crippen LogP contribution in [0.4, 0.5) is 0 Å². The van der Waals surface area contributed by atoms with E-state index >= 15 is 0 Å². The highest BCUT2D eigenvalue weighted by Gasteiger charge is 2.11. The molecule has 0 fully saturated rings. The molecule has 2 heterocycles. The Kier molecular flexibility index (Phi) is 4.13. The van der Waals surface area contributed by atoms with Crippen LogP contribution in [0.1, 0.15) is 22.7 Å². The van der Waals surface area contributed by atoms with Gasteiger partial charge in [0.1, 0.15) is 5.01 Å². The predicted octanol–water partition coefficient (Wildman–Crippen LogP) is 4.76. The molecule has 0 aliphatic carbocycles. The first-order chi connectivity index (χ1) is 10.2. The highest BCUT2D eigenvalue weighted by atomic mass is 32.1. The van der Waals surface area contributed by atoms with Crippen LogP contribution < -0.4 is 0 Å². The van der Waals surface area contributed by atoms with Crippen LogP contribution in [0.3, 0.4) is 0 Å². The molecule has 21 heavy (non-hydrogen) atoms. The number of fused-ring (bicyclic) bond motifs is 1. The van der Waals surface area contributed by atoms with Gasteiger partial charge in [0, 0.05) is 11.3 Å². The summed E-state index contributed by atoms with van der Waals surface area (Å²) in [6, 6.07) is 12.0. The molecule has 0 saturated heterocycles. The molecule has 0 aliphatic rings. The number of carboxylic acids is 1. The molecule has 1 aromatic carbocycles. The smallest absolute Gasteiger partial charge is 0.303 e. The van der Waals surface area contributed by atoms with E-state index < -0.39 is 5.97 Å². The number of para-hydroxylation sites is 1. The second kappa shape index (κ2) is 6.20. The molecule has 106 valence electrons. The topological polar surface area (TPSA) is 50.2 Å². The Bertz CT molecular complexity index is 755. The Balaban J connectivity index is 1.99. The third kappa shape index (κ3) is 3.37. The highest BCUT2D eigenvalue weighted by Crippen LogP contribution is 2.31. The molecule has 0 aliphatic heterocycles. The first-order valence-corrected chi connectivity index (χ1v) is 8.24. The van der Waals surface area contributed by atoms with Crippen molar-refractivity contribution in [2.24, 2.45) is 0 Å². The van der Waals surface area contributed by atoms with Crippen LogP contribution in [0.5, 0.6) is 0 Å². The number of aromatic nitrogens is 1. The molecule has 5 heteroatoms. The van der Waals surface area contributed by atoms with Crippen molar-refractivity contribution in [2.75, 3.05) is 0 Å². The van der Waals surface area contributed by atoms with Crippen molar-refractivity contribution in [2.45, 2.75) is 12.8 Å². The number of allylic oxidation sites excluding steroid dienone is 1. The van der Waals surface area contributed by atoms with Crippen molar-refractivity contribution in [1.82, 2.24) is 4.98 Å². The van der Waals surface area contributed by atoms with Gasteiger partial charge >= 0.3 is 5.97 Å². The van der Waals surface area contributed by atoms with E-state index in [2.05, 4.69) is 4.98 Å². The zero-order valence-corrected chi connectivity index (χ0v) is 12.8. The van der Waals surface area contributed by atoms with Gasteiger partial charge in [-0.2, -0.15) is 0 Å². The van der Waals surface area contributed by atoms with Gasteiger partial charge in [-0.05, 0) is 41.6 Å². The third-order valence-electron chi connectivity index (χ3n) is 3.04. The summed E-state index contributed by atoms with van der Waals surface area (Å²) in [7, 11) is 0. The quantitative estimate of drug-likeness (QED) is 0.738. The maximum Gasteiger partial charge on any atom is 0.303 e. The van der Waals surface area contributed by atoms with Gasteiger partial charge in [0.25, 0.3) is 0 Å². The lowest BCUT2D eigenvalue weighted by molar-refractivity contribution is -0.136. The molecule has 3 rings (SSSR count). The van der Waals surface area contributed by atoms with Gasteiger partial charge in [-0.3, -0.25) is 4.79 Å². The Hall–Kier alpha value is -1.98. The van der Waals surface area contributed by atoms with Crippen molar-refractivity contribution < 1.29 is 9.90 Å². The first-order valence-electron chi connectivity index (χ1n) is 6.54. The lowest BCUT2D eigenvalue weighted by atomic mass is 10.1. The maximum atomic E-state index is 10.9. The molecular formula is C16H13NO2S2. The number of carboxylic acid groups (broad SMARTS) is 1. The second-order valence-corrected chi connectivity index (χ2v) is 6.58. The summed E-state index contributed by atoms with van der Waals surface area (Å²) < 4.78 is 1.12. The Morgan fingerprint density at radius 1 is 1.19 bits per heavy atom. The predicted molar refractivity (Wildman–Crippen MR) is 88.7 cm³/mol. The van der Waals surface area contributed by atoms with E-state index in [0.717, 1.165) is 25.7 Å². The van der Waals surface area contributed by atoms with E-state index in [1.54, 1.807) is 22.7 Å². The number of thiophene rings is 1. The number of nitrogens with zero attached hydrogens (tertiary/aromatic N) is 1. The van der Waals surface area contributed by atoms with E-state index in [4.69, 9.17) is 5.11 Å².